The molecule has 18 heavy (non-hydrogen) atoms. The fraction of sp³-hybridized carbons (Fsp3) is 0. The highest BCUT2D eigenvalue weighted by Crippen LogP contribution is 2.08. The Labute approximate surface area is 104 Å². The van der Waals surface area contributed by atoms with Gasteiger partial charge in [-0.25, -0.2) is 0 Å². The first-order chi connectivity index (χ1) is 8.40. The molecule has 0 aliphatic rings. The van der Waals surface area contributed by atoms with Crippen LogP contribution in [0.4, 0.5) is 0 Å². The van der Waals surface area contributed by atoms with Gasteiger partial charge in [0.05, 0.1) is 0 Å². The predicted molar refractivity (Wildman–Crippen MR) is 57.8 cm³/mol. The first-order valence-electron chi connectivity index (χ1n) is 4.21. The van der Waals surface area contributed by atoms with E-state index in [1.807, 2.05) is 0 Å². The summed E-state index contributed by atoms with van der Waals surface area (Å²) in [6.45, 7) is 0. The Balaban J connectivity index is 3.22. The highest BCUT2D eigenvalue weighted by atomic mass is 32.2. The number of carbonyl (C=O) groups is 2. The van der Waals surface area contributed by atoms with Crippen LogP contribution in [0.5, 0.6) is 0 Å². The molecule has 0 aliphatic heterocycles. The van der Waals surface area contributed by atoms with Crippen molar-refractivity contribution < 1.29 is 26.4 Å². The highest BCUT2D eigenvalue weighted by molar-refractivity contribution is 7.62. The summed E-state index contributed by atoms with van der Waals surface area (Å²) in [5, 5.41) is 0. The summed E-state index contributed by atoms with van der Waals surface area (Å²) in [5.74, 6) is -2.14. The molecule has 2 amide bonds. The van der Waals surface area contributed by atoms with Crippen LogP contribution in [-0.2, 0) is 21.0 Å². The van der Waals surface area contributed by atoms with Gasteiger partial charge in [-0.3, -0.25) is 9.59 Å². The maximum Gasteiger partial charge on any atom is 0.319 e. The van der Waals surface area contributed by atoms with Crippen molar-refractivity contribution >= 4 is 32.8 Å². The quantitative estimate of drug-likeness (QED) is 0.758. The molecule has 0 N–H and O–H groups in total. The van der Waals surface area contributed by atoms with Gasteiger partial charge in [-0.05, 0) is 18.2 Å². The van der Waals surface area contributed by atoms with E-state index < -0.39 is 32.8 Å². The van der Waals surface area contributed by atoms with Gasteiger partial charge >= 0.3 is 21.0 Å². The smallest absolute Gasteiger partial charge is 0.266 e. The Hall–Kier alpha value is -2.20. The van der Waals surface area contributed by atoms with Gasteiger partial charge in [-0.15, -0.1) is 0 Å². The van der Waals surface area contributed by atoms with E-state index in [0.717, 1.165) is 6.07 Å². The third kappa shape index (κ3) is 3.99. The van der Waals surface area contributed by atoms with E-state index >= 15 is 0 Å². The molecule has 0 radical (unpaired) electrons. The van der Waals surface area contributed by atoms with Crippen LogP contribution >= 0.6 is 0 Å². The maximum atomic E-state index is 11.2. The molecular formula is C8H4N2O6S2. The van der Waals surface area contributed by atoms with E-state index in [-0.39, 0.29) is 11.1 Å². The molecule has 1 aromatic rings. The largest absolute Gasteiger partial charge is 0.319 e. The van der Waals surface area contributed by atoms with Gasteiger partial charge in [0.25, 0.3) is 11.8 Å². The lowest BCUT2D eigenvalue weighted by Gasteiger charge is -1.96. The second-order valence-electron chi connectivity index (χ2n) is 2.81. The van der Waals surface area contributed by atoms with Gasteiger partial charge in [0.15, 0.2) is 0 Å². The number of hydrogen-bond donors (Lipinski definition) is 0. The number of amides is 2. The van der Waals surface area contributed by atoms with Gasteiger partial charge in [-0.1, -0.05) is 14.8 Å². The molecule has 0 saturated heterocycles. The summed E-state index contributed by atoms with van der Waals surface area (Å²) in [4.78, 5) is 22.5. The fourth-order valence-corrected chi connectivity index (χ4v) is 1.51. The molecular weight excluding hydrogens is 284 g/mol. The van der Waals surface area contributed by atoms with Crippen LogP contribution in [0.1, 0.15) is 20.7 Å². The normalized spacial score (nSPS) is 9.33. The topological polar surface area (TPSA) is 127 Å². The molecule has 1 rings (SSSR count). The van der Waals surface area contributed by atoms with E-state index in [9.17, 15) is 26.4 Å². The monoisotopic (exact) mass is 288 g/mol. The van der Waals surface area contributed by atoms with Gasteiger partial charge in [0, 0.05) is 11.1 Å². The minimum Gasteiger partial charge on any atom is -0.266 e. The van der Waals surface area contributed by atoms with Crippen LogP contribution in [0.15, 0.2) is 33.0 Å². The second kappa shape index (κ2) is 5.93. The molecule has 0 saturated carbocycles. The highest BCUT2D eigenvalue weighted by Gasteiger charge is 2.10. The minimum atomic E-state index is -2.90. The molecule has 0 heterocycles. The molecule has 10 heteroatoms. The number of hydrogen-bond acceptors (Lipinski definition) is 6. The molecule has 0 unspecified atom stereocenters. The Morgan fingerprint density at radius 1 is 0.833 bits per heavy atom. The molecule has 0 aromatic heterocycles. The van der Waals surface area contributed by atoms with E-state index in [1.165, 1.54) is 18.2 Å². The summed E-state index contributed by atoms with van der Waals surface area (Å²) in [7, 11) is -5.81. The van der Waals surface area contributed by atoms with Crippen molar-refractivity contribution in [3.05, 3.63) is 35.4 Å². The summed E-state index contributed by atoms with van der Waals surface area (Å²) in [5.41, 5.74) is -0.339. The van der Waals surface area contributed by atoms with Crippen molar-refractivity contribution in [3.63, 3.8) is 0 Å². The summed E-state index contributed by atoms with van der Waals surface area (Å²) in [6.07, 6.45) is 0. The number of carbonyl (C=O) groups excluding carboxylic acids is 2. The first-order valence-corrected chi connectivity index (χ1v) is 6.27. The van der Waals surface area contributed by atoms with Crippen molar-refractivity contribution in [2.24, 2.45) is 8.73 Å². The second-order valence-corrected chi connectivity index (χ2v) is 4.04. The Bertz CT molecular complexity index is 696. The average Bonchev–Trinajstić information content (AvgIpc) is 2.27. The molecule has 94 valence electrons. The third-order valence-electron chi connectivity index (χ3n) is 1.67. The lowest BCUT2D eigenvalue weighted by Crippen LogP contribution is -1.99. The maximum absolute atomic E-state index is 11.2. The Morgan fingerprint density at radius 3 is 1.56 bits per heavy atom. The first kappa shape index (κ1) is 13.9. The molecule has 0 atom stereocenters. The standard InChI is InChI=1S/C8H4N2O6S2/c11-7(9-17(13)14)5-2-1-3-6(4-5)8(12)10-18(15)16/h1-4H. The minimum absolute atomic E-state index is 0.170. The van der Waals surface area contributed by atoms with Crippen molar-refractivity contribution in [2.75, 3.05) is 0 Å². The van der Waals surface area contributed by atoms with Crippen LogP contribution in [-0.4, -0.2) is 28.6 Å². The SMILES string of the molecule is O=C(N=S(=O)=O)c1cccc(C(=O)N=S(=O)=O)c1. The van der Waals surface area contributed by atoms with Gasteiger partial charge in [0.1, 0.15) is 0 Å². The van der Waals surface area contributed by atoms with Crippen LogP contribution < -0.4 is 0 Å². The van der Waals surface area contributed by atoms with Crippen LogP contribution in [0.25, 0.3) is 0 Å². The number of rotatable bonds is 2. The zero-order chi connectivity index (χ0) is 13.7. The van der Waals surface area contributed by atoms with Crippen molar-refractivity contribution in [1.29, 1.82) is 0 Å². The van der Waals surface area contributed by atoms with Gasteiger partial charge < -0.3 is 0 Å². The molecule has 8 nitrogen and oxygen atoms in total. The third-order valence-corrected chi connectivity index (χ3v) is 2.30. The molecule has 0 spiro atoms. The van der Waals surface area contributed by atoms with Crippen LogP contribution in [0, 0.1) is 0 Å². The van der Waals surface area contributed by atoms with Crippen molar-refractivity contribution in [3.8, 4) is 0 Å². The fourth-order valence-electron chi connectivity index (χ4n) is 1.03. The zero-order valence-corrected chi connectivity index (χ0v) is 10.1. The molecule has 0 aliphatic carbocycles. The summed E-state index contributed by atoms with van der Waals surface area (Å²) in [6, 6.07) is 4.72. The van der Waals surface area contributed by atoms with E-state index in [4.69, 9.17) is 0 Å². The summed E-state index contributed by atoms with van der Waals surface area (Å²) < 4.78 is 46.2. The lowest BCUT2D eigenvalue weighted by molar-refractivity contribution is 0.100. The Kier molecular flexibility index (Phi) is 4.57. The molecule has 1 aromatic carbocycles. The van der Waals surface area contributed by atoms with E-state index in [1.54, 1.807) is 0 Å². The van der Waals surface area contributed by atoms with E-state index in [2.05, 4.69) is 8.73 Å². The van der Waals surface area contributed by atoms with Crippen molar-refractivity contribution in [1.82, 2.24) is 0 Å². The number of benzene rings is 1. The Morgan fingerprint density at radius 2 is 1.22 bits per heavy atom. The molecule has 0 fully saturated rings. The van der Waals surface area contributed by atoms with Crippen LogP contribution in [0.2, 0.25) is 0 Å². The molecule has 0 bridgehead atoms. The zero-order valence-electron chi connectivity index (χ0n) is 8.47. The predicted octanol–water partition coefficient (Wildman–Crippen LogP) is 0.0924. The lowest BCUT2D eigenvalue weighted by atomic mass is 10.1. The van der Waals surface area contributed by atoms with Crippen LogP contribution in [0.3, 0.4) is 0 Å². The summed E-state index contributed by atoms with van der Waals surface area (Å²) >= 11 is 0. The number of nitrogens with zero attached hydrogens (tertiary/aromatic N) is 2. The van der Waals surface area contributed by atoms with E-state index in [0.29, 0.717) is 0 Å². The average molecular weight is 288 g/mol. The van der Waals surface area contributed by atoms with Crippen molar-refractivity contribution in [2.45, 2.75) is 0 Å². The van der Waals surface area contributed by atoms with Gasteiger partial charge in [0.2, 0.25) is 0 Å². The van der Waals surface area contributed by atoms with Gasteiger partial charge in [-0.2, -0.15) is 16.8 Å².